The maximum atomic E-state index is 11.6. The third-order valence-electron chi connectivity index (χ3n) is 2.27. The number of carbonyl (C=O) groups excluding carboxylic acids is 1. The molecular formula is C10H18N4O3. The molecule has 0 fully saturated rings. The summed E-state index contributed by atoms with van der Waals surface area (Å²) in [6.07, 6.45) is 0.441. The van der Waals surface area contributed by atoms with Crippen LogP contribution in [0.4, 0.5) is 0 Å². The van der Waals surface area contributed by atoms with Crippen LogP contribution in [-0.4, -0.2) is 52.1 Å². The average molecular weight is 242 g/mol. The van der Waals surface area contributed by atoms with Gasteiger partial charge in [0.05, 0.1) is 5.60 Å². The van der Waals surface area contributed by atoms with E-state index in [1.165, 1.54) is 0 Å². The van der Waals surface area contributed by atoms with Gasteiger partial charge in [-0.2, -0.15) is 0 Å². The Kier molecular flexibility index (Phi) is 4.59. The number of methoxy groups -OCH3 is 1. The van der Waals surface area contributed by atoms with Crippen molar-refractivity contribution in [2.75, 3.05) is 20.3 Å². The SMILES string of the molecule is COCCC(C)(O)CNC(=O)c1n[nH]c(C)n1. The Hall–Kier alpha value is -1.47. The van der Waals surface area contributed by atoms with Crippen LogP contribution in [0.5, 0.6) is 0 Å². The lowest BCUT2D eigenvalue weighted by Crippen LogP contribution is -2.41. The molecule has 0 saturated heterocycles. The van der Waals surface area contributed by atoms with Crippen LogP contribution in [0, 0.1) is 6.92 Å². The van der Waals surface area contributed by atoms with Crippen molar-refractivity contribution in [2.45, 2.75) is 25.9 Å². The molecule has 0 aliphatic carbocycles. The molecular weight excluding hydrogens is 224 g/mol. The highest BCUT2D eigenvalue weighted by Crippen LogP contribution is 2.07. The molecule has 3 N–H and O–H groups in total. The number of carbonyl (C=O) groups is 1. The van der Waals surface area contributed by atoms with Crippen molar-refractivity contribution in [3.05, 3.63) is 11.6 Å². The number of aryl methyl sites for hydroxylation is 1. The Morgan fingerprint density at radius 1 is 1.65 bits per heavy atom. The molecule has 1 amide bonds. The molecule has 96 valence electrons. The molecule has 1 rings (SSSR count). The van der Waals surface area contributed by atoms with Crippen LogP contribution in [0.25, 0.3) is 0 Å². The lowest BCUT2D eigenvalue weighted by atomic mass is 10.0. The summed E-state index contributed by atoms with van der Waals surface area (Å²) >= 11 is 0. The summed E-state index contributed by atoms with van der Waals surface area (Å²) < 4.78 is 4.87. The second-order valence-electron chi connectivity index (χ2n) is 4.17. The molecule has 7 nitrogen and oxygen atoms in total. The standard InChI is InChI=1S/C10H18N4O3/c1-7-12-8(14-13-7)9(15)11-6-10(2,16)4-5-17-3/h16H,4-6H2,1-3H3,(H,11,15)(H,12,13,14). The van der Waals surface area contributed by atoms with E-state index in [9.17, 15) is 9.90 Å². The molecule has 0 aromatic carbocycles. The number of nitrogens with zero attached hydrogens (tertiary/aromatic N) is 2. The van der Waals surface area contributed by atoms with E-state index in [0.29, 0.717) is 18.9 Å². The monoisotopic (exact) mass is 242 g/mol. The molecule has 17 heavy (non-hydrogen) atoms. The summed E-state index contributed by atoms with van der Waals surface area (Å²) in [5.41, 5.74) is -1.00. The summed E-state index contributed by atoms with van der Waals surface area (Å²) in [5, 5.41) is 18.8. The van der Waals surface area contributed by atoms with Gasteiger partial charge >= 0.3 is 0 Å². The van der Waals surface area contributed by atoms with E-state index in [-0.39, 0.29) is 12.4 Å². The molecule has 7 heteroatoms. The van der Waals surface area contributed by atoms with Crippen molar-refractivity contribution in [2.24, 2.45) is 0 Å². The molecule has 0 aliphatic rings. The lowest BCUT2D eigenvalue weighted by molar-refractivity contribution is 0.0242. The van der Waals surface area contributed by atoms with Gasteiger partial charge in [0.15, 0.2) is 0 Å². The molecule has 0 saturated carbocycles. The maximum absolute atomic E-state index is 11.6. The smallest absolute Gasteiger partial charge is 0.291 e. The fraction of sp³-hybridized carbons (Fsp3) is 0.700. The van der Waals surface area contributed by atoms with E-state index >= 15 is 0 Å². The maximum Gasteiger partial charge on any atom is 0.291 e. The van der Waals surface area contributed by atoms with Gasteiger partial charge in [-0.3, -0.25) is 9.89 Å². The van der Waals surface area contributed by atoms with Gasteiger partial charge in [0.25, 0.3) is 5.91 Å². The summed E-state index contributed by atoms with van der Waals surface area (Å²) in [7, 11) is 1.56. The van der Waals surface area contributed by atoms with Crippen LogP contribution in [0.2, 0.25) is 0 Å². The van der Waals surface area contributed by atoms with Gasteiger partial charge in [0.1, 0.15) is 5.82 Å². The number of hydrogen-bond acceptors (Lipinski definition) is 5. The van der Waals surface area contributed by atoms with Crippen molar-refractivity contribution < 1.29 is 14.6 Å². The topological polar surface area (TPSA) is 100 Å². The number of aromatic amines is 1. The van der Waals surface area contributed by atoms with Crippen LogP contribution < -0.4 is 5.32 Å². The van der Waals surface area contributed by atoms with Crippen molar-refractivity contribution in [1.82, 2.24) is 20.5 Å². The third kappa shape index (κ3) is 4.49. The molecule has 0 aliphatic heterocycles. The first kappa shape index (κ1) is 13.6. The number of hydrogen-bond donors (Lipinski definition) is 3. The summed E-state index contributed by atoms with van der Waals surface area (Å²) in [4.78, 5) is 15.5. The lowest BCUT2D eigenvalue weighted by Gasteiger charge is -2.22. The second kappa shape index (κ2) is 5.74. The van der Waals surface area contributed by atoms with E-state index in [2.05, 4.69) is 20.5 Å². The van der Waals surface area contributed by atoms with Crippen LogP contribution >= 0.6 is 0 Å². The van der Waals surface area contributed by atoms with Crippen LogP contribution in [-0.2, 0) is 4.74 Å². The molecule has 0 spiro atoms. The summed E-state index contributed by atoms with van der Waals surface area (Å²) in [6, 6.07) is 0. The number of aliphatic hydroxyl groups is 1. The Labute approximate surface area is 99.6 Å². The van der Waals surface area contributed by atoms with Gasteiger partial charge in [-0.25, -0.2) is 4.98 Å². The van der Waals surface area contributed by atoms with E-state index in [1.54, 1.807) is 21.0 Å². The first-order chi connectivity index (χ1) is 7.94. The van der Waals surface area contributed by atoms with Crippen molar-refractivity contribution in [3.8, 4) is 0 Å². The minimum atomic E-state index is -1.00. The van der Waals surface area contributed by atoms with Gasteiger partial charge in [-0.15, -0.1) is 5.10 Å². The minimum Gasteiger partial charge on any atom is -0.388 e. The van der Waals surface area contributed by atoms with Gasteiger partial charge < -0.3 is 15.2 Å². The Morgan fingerprint density at radius 2 is 2.35 bits per heavy atom. The zero-order valence-electron chi connectivity index (χ0n) is 10.3. The van der Waals surface area contributed by atoms with E-state index in [4.69, 9.17) is 4.74 Å². The molecule has 1 atom stereocenters. The fourth-order valence-electron chi connectivity index (χ4n) is 1.20. The van der Waals surface area contributed by atoms with Crippen molar-refractivity contribution in [3.63, 3.8) is 0 Å². The van der Waals surface area contributed by atoms with E-state index in [1.807, 2.05) is 0 Å². The van der Waals surface area contributed by atoms with E-state index < -0.39 is 11.5 Å². The Morgan fingerprint density at radius 3 is 2.88 bits per heavy atom. The van der Waals surface area contributed by atoms with Gasteiger partial charge in [-0.1, -0.05) is 0 Å². The zero-order valence-corrected chi connectivity index (χ0v) is 10.3. The summed E-state index contributed by atoms with van der Waals surface area (Å²) in [5.74, 6) is 0.235. The number of H-pyrrole nitrogens is 1. The number of nitrogens with one attached hydrogen (secondary N) is 2. The molecule has 1 unspecified atom stereocenters. The van der Waals surface area contributed by atoms with Gasteiger partial charge in [0, 0.05) is 26.7 Å². The highest BCUT2D eigenvalue weighted by molar-refractivity contribution is 5.90. The highest BCUT2D eigenvalue weighted by atomic mass is 16.5. The molecule has 1 aromatic heterocycles. The van der Waals surface area contributed by atoms with Crippen LogP contribution in [0.1, 0.15) is 29.8 Å². The Balaban J connectivity index is 2.42. The quantitative estimate of drug-likeness (QED) is 0.632. The Bertz CT molecular complexity index is 375. The number of amides is 1. The number of rotatable bonds is 6. The molecule has 0 bridgehead atoms. The van der Waals surface area contributed by atoms with E-state index in [0.717, 1.165) is 0 Å². The minimum absolute atomic E-state index is 0.0741. The van der Waals surface area contributed by atoms with Gasteiger partial charge in [-0.05, 0) is 13.8 Å². The normalized spacial score (nSPS) is 14.4. The van der Waals surface area contributed by atoms with Crippen LogP contribution in [0.15, 0.2) is 0 Å². The number of aromatic nitrogens is 3. The molecule has 0 radical (unpaired) electrons. The first-order valence-electron chi connectivity index (χ1n) is 5.33. The van der Waals surface area contributed by atoms with Crippen molar-refractivity contribution >= 4 is 5.91 Å². The first-order valence-corrected chi connectivity index (χ1v) is 5.33. The highest BCUT2D eigenvalue weighted by Gasteiger charge is 2.22. The third-order valence-corrected chi connectivity index (χ3v) is 2.27. The molecule has 1 heterocycles. The van der Waals surface area contributed by atoms with Crippen molar-refractivity contribution in [1.29, 1.82) is 0 Å². The van der Waals surface area contributed by atoms with Gasteiger partial charge in [0.2, 0.25) is 5.82 Å². The number of ether oxygens (including phenoxy) is 1. The fourth-order valence-corrected chi connectivity index (χ4v) is 1.20. The largest absolute Gasteiger partial charge is 0.388 e. The predicted octanol–water partition coefficient (Wildman–Crippen LogP) is -0.370. The molecule has 1 aromatic rings. The zero-order chi connectivity index (χ0) is 12.9. The second-order valence-corrected chi connectivity index (χ2v) is 4.17. The predicted molar refractivity (Wildman–Crippen MR) is 60.6 cm³/mol. The van der Waals surface area contributed by atoms with Crippen LogP contribution in [0.3, 0.4) is 0 Å². The summed E-state index contributed by atoms with van der Waals surface area (Å²) in [6.45, 7) is 3.90. The average Bonchev–Trinajstić information content (AvgIpc) is 2.70.